The molecule has 2 N–H and O–H groups in total. The van der Waals surface area contributed by atoms with Crippen molar-refractivity contribution in [2.75, 3.05) is 5.73 Å². The van der Waals surface area contributed by atoms with Gasteiger partial charge in [0.2, 0.25) is 0 Å². The van der Waals surface area contributed by atoms with Crippen LogP contribution in [0.5, 0.6) is 0 Å². The second-order valence-corrected chi connectivity index (χ2v) is 4.41. The molecule has 2 rings (SSSR count). The molecule has 7 nitrogen and oxygen atoms in total. The zero-order valence-corrected chi connectivity index (χ0v) is 11.4. The zero-order chi connectivity index (χ0) is 16.1. The van der Waals surface area contributed by atoms with Gasteiger partial charge < -0.3 is 10.5 Å². The second kappa shape index (κ2) is 6.37. The fourth-order valence-corrected chi connectivity index (χ4v) is 1.74. The molecule has 0 amide bonds. The number of rotatable bonds is 4. The van der Waals surface area contributed by atoms with Gasteiger partial charge in [0, 0.05) is 17.8 Å². The van der Waals surface area contributed by atoms with Crippen LogP contribution >= 0.6 is 0 Å². The average molecular weight is 297 g/mol. The fraction of sp³-hybridized carbons (Fsp3) is 0.0667. The molecule has 0 heterocycles. The van der Waals surface area contributed by atoms with Crippen molar-refractivity contribution >= 4 is 17.3 Å². The largest absolute Gasteiger partial charge is 0.457 e. The molecule has 0 fully saturated rings. The van der Waals surface area contributed by atoms with E-state index in [4.69, 9.17) is 15.7 Å². The van der Waals surface area contributed by atoms with Crippen molar-refractivity contribution in [3.8, 4) is 6.07 Å². The summed E-state index contributed by atoms with van der Waals surface area (Å²) >= 11 is 0. The van der Waals surface area contributed by atoms with Crippen LogP contribution in [0.2, 0.25) is 0 Å². The number of nitrogen functional groups attached to an aromatic ring is 1. The third-order valence-corrected chi connectivity index (χ3v) is 2.92. The van der Waals surface area contributed by atoms with E-state index in [0.29, 0.717) is 11.1 Å². The molecule has 0 saturated heterocycles. The number of ether oxygens (including phenoxy) is 1. The Morgan fingerprint density at radius 1 is 1.27 bits per heavy atom. The summed E-state index contributed by atoms with van der Waals surface area (Å²) in [5, 5.41) is 19.4. The minimum Gasteiger partial charge on any atom is -0.457 e. The molecule has 0 aliphatic rings. The number of carbonyl (C=O) groups is 1. The maximum atomic E-state index is 12.0. The molecule has 0 bridgehead atoms. The molecule has 0 spiro atoms. The monoisotopic (exact) mass is 297 g/mol. The molecule has 7 heteroatoms. The van der Waals surface area contributed by atoms with Crippen molar-refractivity contribution in [3.05, 3.63) is 69.3 Å². The molecular formula is C15H11N3O4. The van der Waals surface area contributed by atoms with Crippen LogP contribution in [-0.4, -0.2) is 10.9 Å². The number of hydrogen-bond donors (Lipinski definition) is 1. The topological polar surface area (TPSA) is 119 Å². The van der Waals surface area contributed by atoms with E-state index in [9.17, 15) is 14.9 Å². The van der Waals surface area contributed by atoms with Gasteiger partial charge in [-0.3, -0.25) is 10.1 Å². The van der Waals surface area contributed by atoms with Crippen LogP contribution in [0.1, 0.15) is 21.5 Å². The molecule has 2 aromatic rings. The number of nitrogens with two attached hydrogens (primary N) is 1. The molecule has 22 heavy (non-hydrogen) atoms. The lowest BCUT2D eigenvalue weighted by atomic mass is 10.1. The van der Waals surface area contributed by atoms with Crippen LogP contribution < -0.4 is 5.73 Å². The first-order valence-corrected chi connectivity index (χ1v) is 6.21. The van der Waals surface area contributed by atoms with Gasteiger partial charge in [0.1, 0.15) is 6.61 Å². The molecule has 0 radical (unpaired) electrons. The van der Waals surface area contributed by atoms with Crippen LogP contribution in [0, 0.1) is 21.4 Å². The molecule has 0 atom stereocenters. The summed E-state index contributed by atoms with van der Waals surface area (Å²) in [5.41, 5.74) is 6.64. The van der Waals surface area contributed by atoms with E-state index in [1.807, 2.05) is 6.07 Å². The number of hydrogen-bond acceptors (Lipinski definition) is 6. The van der Waals surface area contributed by atoms with E-state index in [0.717, 1.165) is 6.07 Å². The highest BCUT2D eigenvalue weighted by atomic mass is 16.6. The maximum Gasteiger partial charge on any atom is 0.340 e. The van der Waals surface area contributed by atoms with Gasteiger partial charge in [-0.15, -0.1) is 0 Å². The van der Waals surface area contributed by atoms with Crippen molar-refractivity contribution in [1.29, 1.82) is 5.26 Å². The first-order valence-electron chi connectivity index (χ1n) is 6.21. The summed E-state index contributed by atoms with van der Waals surface area (Å²) < 4.78 is 5.08. The smallest absolute Gasteiger partial charge is 0.340 e. The number of carbonyl (C=O) groups excluding carboxylic acids is 1. The van der Waals surface area contributed by atoms with Crippen LogP contribution in [0.3, 0.4) is 0 Å². The van der Waals surface area contributed by atoms with Gasteiger partial charge in [0.15, 0.2) is 0 Å². The number of non-ortho nitro benzene ring substituents is 1. The van der Waals surface area contributed by atoms with E-state index >= 15 is 0 Å². The molecule has 0 saturated carbocycles. The number of nitro groups is 1. The van der Waals surface area contributed by atoms with E-state index < -0.39 is 10.9 Å². The highest BCUT2D eigenvalue weighted by Crippen LogP contribution is 2.21. The van der Waals surface area contributed by atoms with Gasteiger partial charge >= 0.3 is 5.97 Å². The Bertz CT molecular complexity index is 763. The number of benzene rings is 2. The summed E-state index contributed by atoms with van der Waals surface area (Å²) in [7, 11) is 0. The Kier molecular flexibility index (Phi) is 4.34. The van der Waals surface area contributed by atoms with Crippen LogP contribution in [0.4, 0.5) is 11.4 Å². The summed E-state index contributed by atoms with van der Waals surface area (Å²) in [6.07, 6.45) is 0. The summed E-state index contributed by atoms with van der Waals surface area (Å²) in [5.74, 6) is -0.745. The van der Waals surface area contributed by atoms with Crippen molar-refractivity contribution in [2.24, 2.45) is 0 Å². The molecule has 110 valence electrons. The normalized spacial score (nSPS) is 9.77. The first kappa shape index (κ1) is 15.0. The van der Waals surface area contributed by atoms with E-state index in [2.05, 4.69) is 0 Å². The standard InChI is InChI=1S/C15H11N3O4/c16-8-10-1-3-11(4-2-10)9-22-15(19)13-7-12(18(20)21)5-6-14(13)17/h1-7H,9,17H2. The van der Waals surface area contributed by atoms with Crippen molar-refractivity contribution < 1.29 is 14.5 Å². The highest BCUT2D eigenvalue weighted by molar-refractivity contribution is 5.95. The van der Waals surface area contributed by atoms with Crippen LogP contribution in [0.15, 0.2) is 42.5 Å². The number of anilines is 1. The molecule has 0 aliphatic carbocycles. The van der Waals surface area contributed by atoms with Crippen LogP contribution in [-0.2, 0) is 11.3 Å². The first-order chi connectivity index (χ1) is 10.5. The lowest BCUT2D eigenvalue weighted by Crippen LogP contribution is -2.09. The van der Waals surface area contributed by atoms with Crippen LogP contribution in [0.25, 0.3) is 0 Å². The predicted octanol–water partition coefficient (Wildman–Crippen LogP) is 2.41. The Morgan fingerprint density at radius 2 is 1.95 bits per heavy atom. The molecule has 0 unspecified atom stereocenters. The van der Waals surface area contributed by atoms with Gasteiger partial charge in [-0.2, -0.15) is 5.26 Å². The second-order valence-electron chi connectivity index (χ2n) is 4.41. The average Bonchev–Trinajstić information content (AvgIpc) is 2.53. The summed E-state index contributed by atoms with van der Waals surface area (Å²) in [4.78, 5) is 22.1. The third kappa shape index (κ3) is 3.37. The van der Waals surface area contributed by atoms with Crippen molar-refractivity contribution in [3.63, 3.8) is 0 Å². The zero-order valence-electron chi connectivity index (χ0n) is 11.4. The number of nitro benzene ring substituents is 1. The molecular weight excluding hydrogens is 286 g/mol. The molecule has 0 aliphatic heterocycles. The van der Waals surface area contributed by atoms with E-state index in [-0.39, 0.29) is 23.5 Å². The fourth-order valence-electron chi connectivity index (χ4n) is 1.74. The Morgan fingerprint density at radius 3 is 2.55 bits per heavy atom. The summed E-state index contributed by atoms with van der Waals surface area (Å²) in [6, 6.07) is 12.1. The SMILES string of the molecule is N#Cc1ccc(COC(=O)c2cc([N+](=O)[O-])ccc2N)cc1. The van der Waals surface area contributed by atoms with Gasteiger partial charge in [-0.1, -0.05) is 12.1 Å². The molecule has 0 aromatic heterocycles. The van der Waals surface area contributed by atoms with Gasteiger partial charge in [0.05, 0.1) is 22.1 Å². The predicted molar refractivity (Wildman–Crippen MR) is 77.8 cm³/mol. The molecule has 2 aromatic carbocycles. The van der Waals surface area contributed by atoms with Gasteiger partial charge in [0.25, 0.3) is 5.69 Å². The lowest BCUT2D eigenvalue weighted by molar-refractivity contribution is -0.384. The van der Waals surface area contributed by atoms with E-state index in [1.165, 1.54) is 12.1 Å². The van der Waals surface area contributed by atoms with Crippen molar-refractivity contribution in [1.82, 2.24) is 0 Å². The third-order valence-electron chi connectivity index (χ3n) is 2.92. The van der Waals surface area contributed by atoms with E-state index in [1.54, 1.807) is 24.3 Å². The maximum absolute atomic E-state index is 12.0. The highest BCUT2D eigenvalue weighted by Gasteiger charge is 2.16. The quantitative estimate of drug-likeness (QED) is 0.400. The lowest BCUT2D eigenvalue weighted by Gasteiger charge is -2.07. The Hall–Kier alpha value is -3.40. The Balaban J connectivity index is 2.10. The number of esters is 1. The van der Waals surface area contributed by atoms with Gasteiger partial charge in [-0.25, -0.2) is 4.79 Å². The Labute approximate surface area is 125 Å². The summed E-state index contributed by atoms with van der Waals surface area (Å²) in [6.45, 7) is -0.0212. The number of nitrogens with zero attached hydrogens (tertiary/aromatic N) is 2. The minimum absolute atomic E-state index is 0.0212. The van der Waals surface area contributed by atoms with Gasteiger partial charge in [-0.05, 0) is 23.8 Å². The minimum atomic E-state index is -0.745. The van der Waals surface area contributed by atoms with Crippen molar-refractivity contribution in [2.45, 2.75) is 6.61 Å². The number of nitriles is 1.